The second kappa shape index (κ2) is 28.4. The van der Waals surface area contributed by atoms with E-state index in [2.05, 4.69) is 28.8 Å². The van der Waals surface area contributed by atoms with Crippen molar-refractivity contribution in [2.45, 2.75) is 271 Å². The molecule has 10 rings (SSSR count). The Bertz CT molecular complexity index is 3020. The normalized spacial score (nSPS) is 49.9. The third-order valence-corrected chi connectivity index (χ3v) is 23.8. The summed E-state index contributed by atoms with van der Waals surface area (Å²) in [5.74, 6) is -1.07. The van der Waals surface area contributed by atoms with Crippen molar-refractivity contribution >= 4 is 26.8 Å². The highest BCUT2D eigenvalue weighted by Gasteiger charge is 2.79. The maximum Gasteiger partial charge on any atom is 0.397 e. The topological polar surface area (TPSA) is 518 Å². The molecule has 34 atom stereocenters. The maximum absolute atomic E-state index is 14.6. The fourth-order valence-electron chi connectivity index (χ4n) is 17.8. The van der Waals surface area contributed by atoms with Gasteiger partial charge in [0, 0.05) is 13.0 Å². The summed E-state index contributed by atoms with van der Waals surface area (Å²) >= 11 is 0. The molecular formula is C60H96O34S2. The average Bonchev–Trinajstić information content (AvgIpc) is 1.46. The Morgan fingerprint density at radius 2 is 1.18 bits per heavy atom. The molecule has 0 aromatic rings. The summed E-state index contributed by atoms with van der Waals surface area (Å²) in [5.41, 5.74) is -2.62. The highest BCUT2D eigenvalue weighted by Crippen LogP contribution is 2.76. The molecule has 15 N–H and O–H groups in total. The van der Waals surface area contributed by atoms with Crippen molar-refractivity contribution < 1.29 is 162 Å². The summed E-state index contributed by atoms with van der Waals surface area (Å²) in [6.07, 6.45) is -41.8. The number of allylic oxidation sites excluding steroid dienone is 1. The van der Waals surface area contributed by atoms with Crippen LogP contribution < -0.4 is 0 Å². The van der Waals surface area contributed by atoms with Gasteiger partial charge in [-0.15, -0.1) is 0 Å². The first-order valence-electron chi connectivity index (χ1n) is 32.3. The molecule has 0 aromatic carbocycles. The predicted molar refractivity (Wildman–Crippen MR) is 317 cm³/mol. The number of aliphatic hydroxyl groups excluding tert-OH is 13. The van der Waals surface area contributed by atoms with Crippen molar-refractivity contribution in [3.05, 3.63) is 23.8 Å². The Kier molecular flexibility index (Phi) is 22.6. The summed E-state index contributed by atoms with van der Waals surface area (Å²) in [6.45, 7) is 13.4. The monoisotopic (exact) mass is 1420 g/mol. The van der Waals surface area contributed by atoms with Crippen molar-refractivity contribution in [1.29, 1.82) is 0 Å². The lowest BCUT2D eigenvalue weighted by molar-refractivity contribution is -0.394. The third kappa shape index (κ3) is 13.8. The molecule has 6 heterocycles. The van der Waals surface area contributed by atoms with Crippen molar-refractivity contribution in [2.24, 2.45) is 39.4 Å². The van der Waals surface area contributed by atoms with Gasteiger partial charge in [0.25, 0.3) is 0 Å². The molecule has 552 valence electrons. The van der Waals surface area contributed by atoms with Crippen LogP contribution in [0.2, 0.25) is 0 Å². The molecule has 6 aliphatic heterocycles. The number of esters is 1. The van der Waals surface area contributed by atoms with E-state index in [-0.39, 0.29) is 17.8 Å². The van der Waals surface area contributed by atoms with E-state index >= 15 is 0 Å². The quantitative estimate of drug-likeness (QED) is 0.0213. The lowest BCUT2D eigenvalue weighted by Gasteiger charge is -2.64. The number of hydrogen-bond acceptors (Lipinski definition) is 32. The predicted octanol–water partition coefficient (Wildman–Crippen LogP) is -3.97. The zero-order valence-electron chi connectivity index (χ0n) is 54.4. The van der Waals surface area contributed by atoms with Gasteiger partial charge in [-0.3, -0.25) is 13.9 Å². The van der Waals surface area contributed by atoms with E-state index in [0.29, 0.717) is 56.9 Å². The summed E-state index contributed by atoms with van der Waals surface area (Å²) in [4.78, 5) is 14.6. The molecule has 0 amide bonds. The van der Waals surface area contributed by atoms with E-state index in [1.54, 1.807) is 6.92 Å². The third-order valence-electron chi connectivity index (χ3n) is 22.9. The molecule has 0 aromatic heterocycles. The summed E-state index contributed by atoms with van der Waals surface area (Å²) in [6, 6.07) is 0. The first kappa shape index (κ1) is 76.4. The van der Waals surface area contributed by atoms with E-state index in [0.717, 1.165) is 12.7 Å². The Hall–Kier alpha value is -2.27. The number of rotatable bonds is 22. The molecule has 3 saturated carbocycles. The van der Waals surface area contributed by atoms with Crippen molar-refractivity contribution in [3.8, 4) is 0 Å². The van der Waals surface area contributed by atoms with Gasteiger partial charge in [-0.2, -0.15) is 16.8 Å². The van der Waals surface area contributed by atoms with E-state index in [1.807, 2.05) is 26.8 Å². The fraction of sp³-hybridized carbons (Fsp3) is 0.917. The molecule has 10 aliphatic rings. The van der Waals surface area contributed by atoms with Crippen LogP contribution in [-0.4, -0.2) is 303 Å². The van der Waals surface area contributed by atoms with Crippen LogP contribution in [0, 0.1) is 39.4 Å². The van der Waals surface area contributed by atoms with Gasteiger partial charge in [-0.1, -0.05) is 51.5 Å². The van der Waals surface area contributed by atoms with Gasteiger partial charge in [0.05, 0.1) is 50.8 Å². The fourth-order valence-corrected chi connectivity index (χ4v) is 18.4. The lowest BCUT2D eigenvalue weighted by Crippen LogP contribution is -2.67. The van der Waals surface area contributed by atoms with Gasteiger partial charge >= 0.3 is 26.8 Å². The van der Waals surface area contributed by atoms with Crippen LogP contribution in [0.3, 0.4) is 0 Å². The minimum Gasteiger partial charge on any atom is -0.459 e. The molecule has 0 bridgehead atoms. The lowest BCUT2D eigenvalue weighted by atomic mass is 9.40. The standard InChI is InChI=1S/C60H96O34S2/c1-23(2)27(62)12-17-59(8)33-13-16-58(7)25-10-11-32-56(4,5)35(14-15-57(32,6)26(25)18-34(63)60(33,58)55(74)94-59)90-54-49(39(67)29(20-82-54)87-51-42(70)40(68)36(64)30(88-51)21-83-95(75,76)77)93-50-43(71)41(69)46(24(3)85-50)91-53-45(73)48(38(66)31(89-53)22-84-96(78,79)80)92-52-44(72)47(81-9)37(65)28(19-61)86-52/h18,24-25,27-54,61-73H,1,10-17,19-22H2,2-9H3,(H,75,76,77)(H,78,79,80)/t24-,25-,27?,28-,29-,30-,31-,32+,33-,34+,35+,36-,37-,38-,39+,40+,41-,42-,43-,44-,45-,46-,47+,48+,49-,50+,51-,52+,53+,54+,57-,58+,59+,60+/m1/s1. The number of ether oxygens (including phenoxy) is 12. The number of methoxy groups -OCH3 is 1. The van der Waals surface area contributed by atoms with Crippen LogP contribution in [0.4, 0.5) is 0 Å². The van der Waals surface area contributed by atoms with Crippen LogP contribution in [0.5, 0.6) is 0 Å². The van der Waals surface area contributed by atoms with E-state index in [9.17, 15) is 97.1 Å². The van der Waals surface area contributed by atoms with Crippen LogP contribution in [0.1, 0.15) is 99.8 Å². The molecule has 0 radical (unpaired) electrons. The van der Waals surface area contributed by atoms with Crippen molar-refractivity contribution in [3.63, 3.8) is 0 Å². The number of hydrogen-bond donors (Lipinski definition) is 15. The maximum atomic E-state index is 14.6. The van der Waals surface area contributed by atoms with Crippen LogP contribution in [0.15, 0.2) is 23.8 Å². The van der Waals surface area contributed by atoms with Gasteiger partial charge in [-0.25, -0.2) is 8.37 Å². The minimum absolute atomic E-state index is 0.128. The Morgan fingerprint density at radius 3 is 1.78 bits per heavy atom. The summed E-state index contributed by atoms with van der Waals surface area (Å²) < 4.78 is 146. The number of carbonyl (C=O) groups excluding carboxylic acids is 1. The van der Waals surface area contributed by atoms with Gasteiger partial charge in [0.1, 0.15) is 121 Å². The molecule has 9 fully saturated rings. The molecule has 1 unspecified atom stereocenters. The smallest absolute Gasteiger partial charge is 0.397 e. The average molecular weight is 1430 g/mol. The van der Waals surface area contributed by atoms with Gasteiger partial charge in [-0.05, 0) is 100 Å². The first-order valence-corrected chi connectivity index (χ1v) is 35.1. The highest BCUT2D eigenvalue weighted by molar-refractivity contribution is 7.81. The zero-order valence-corrected chi connectivity index (χ0v) is 56.0. The molecule has 34 nitrogen and oxygen atoms in total. The number of fused-ring (bicyclic) bond motifs is 4. The van der Waals surface area contributed by atoms with Gasteiger partial charge in [0.15, 0.2) is 31.5 Å². The van der Waals surface area contributed by atoms with Gasteiger partial charge in [0.2, 0.25) is 0 Å². The largest absolute Gasteiger partial charge is 0.459 e. The Morgan fingerprint density at radius 1 is 0.625 bits per heavy atom. The molecule has 96 heavy (non-hydrogen) atoms. The molecule has 4 aliphatic carbocycles. The summed E-state index contributed by atoms with van der Waals surface area (Å²) in [7, 11) is -9.23. The number of cyclic esters (lactones) is 1. The van der Waals surface area contributed by atoms with E-state index in [4.69, 9.17) is 56.8 Å². The van der Waals surface area contributed by atoms with Gasteiger partial charge < -0.3 is 123 Å². The molecule has 36 heteroatoms. The highest BCUT2D eigenvalue weighted by atomic mass is 32.3. The van der Waals surface area contributed by atoms with Crippen LogP contribution >= 0.6 is 0 Å². The van der Waals surface area contributed by atoms with Crippen molar-refractivity contribution in [1.82, 2.24) is 0 Å². The van der Waals surface area contributed by atoms with Crippen LogP contribution in [-0.2, 0) is 90.8 Å². The second-order valence-corrected chi connectivity index (χ2v) is 31.0. The van der Waals surface area contributed by atoms with E-state index in [1.165, 1.54) is 6.92 Å². The zero-order chi connectivity index (χ0) is 70.6. The van der Waals surface area contributed by atoms with E-state index < -0.39 is 246 Å². The molecular weight excluding hydrogens is 1330 g/mol. The van der Waals surface area contributed by atoms with Crippen LogP contribution in [0.25, 0.3) is 0 Å². The minimum atomic E-state index is -5.22. The Labute approximate surface area is 555 Å². The number of carbonyl (C=O) groups is 1. The Balaban J connectivity index is 0.893. The SMILES string of the molecule is C=C(C)C(O)CC[C@]1(C)OC(=O)[C@]23[C@@H](O)C=C4[C@@H](CC[C@H]5C(C)(C)[C@@H](O[C@@H]6OC[C@@H](O[C@@H]7O[C@H](COS(=O)(=O)O)[C@@H](O)[C@H](O)[C@H]7O)[C@H](O)[C@H]6O[C@@H]6O[C@H](C)[C@@H](O[C@@H]7O[C@H](COS(=O)(=O)O)[C@@H](O)[C@H](O[C@@H]8O[C@H](CO)[C@@H](O)[C@H](OC)[C@H]8O)[C@H]7O)[C@H](O)[C@H]6O)CC[C@]45C)[C@]2(C)CC[C@@H]31. The molecule has 1 spiro atoms. The van der Waals surface area contributed by atoms with Crippen molar-refractivity contribution in [2.75, 3.05) is 33.5 Å². The summed E-state index contributed by atoms with van der Waals surface area (Å²) in [5, 5.41) is 147. The first-order chi connectivity index (χ1) is 44.7. The second-order valence-electron chi connectivity index (χ2n) is 28.9. The molecule has 6 saturated heterocycles. The number of aliphatic hydroxyl groups is 13.